The van der Waals surface area contributed by atoms with Gasteiger partial charge in [0.2, 0.25) is 5.95 Å². The van der Waals surface area contributed by atoms with Crippen LogP contribution in [0.15, 0.2) is 60.2 Å². The van der Waals surface area contributed by atoms with Gasteiger partial charge in [0.05, 0.1) is 60.8 Å². The van der Waals surface area contributed by atoms with E-state index in [4.69, 9.17) is 4.74 Å². The number of ether oxygens (including phenoxy) is 1. The normalized spacial score (nSPS) is 13.6. The van der Waals surface area contributed by atoms with E-state index in [9.17, 15) is 4.39 Å². The molecule has 37 heavy (non-hydrogen) atoms. The van der Waals surface area contributed by atoms with Crippen LogP contribution in [0.5, 0.6) is 0 Å². The number of nitrogens with zero attached hydrogens (tertiary/aromatic N) is 7. The van der Waals surface area contributed by atoms with E-state index in [-0.39, 0.29) is 11.8 Å². The minimum atomic E-state index is -0.478. The first-order valence-corrected chi connectivity index (χ1v) is 11.8. The number of hydrazone groups is 1. The third-order valence-corrected chi connectivity index (χ3v) is 5.60. The molecule has 11 heteroatoms. The van der Waals surface area contributed by atoms with Crippen LogP contribution in [0.2, 0.25) is 0 Å². The van der Waals surface area contributed by atoms with Gasteiger partial charge in [0.15, 0.2) is 11.6 Å². The maximum atomic E-state index is 14.2. The number of morpholine rings is 1. The maximum Gasteiger partial charge on any atom is 0.245 e. The highest BCUT2D eigenvalue weighted by Gasteiger charge is 2.17. The highest BCUT2D eigenvalue weighted by Crippen LogP contribution is 2.25. The van der Waals surface area contributed by atoms with E-state index >= 15 is 0 Å². The van der Waals surface area contributed by atoms with Crippen LogP contribution in [0.3, 0.4) is 0 Å². The van der Waals surface area contributed by atoms with Crippen LogP contribution in [-0.4, -0.2) is 57.4 Å². The van der Waals surface area contributed by atoms with Crippen molar-refractivity contribution in [1.29, 1.82) is 0 Å². The molecule has 0 saturated carbocycles. The van der Waals surface area contributed by atoms with Crippen molar-refractivity contribution in [3.8, 4) is 11.3 Å². The summed E-state index contributed by atoms with van der Waals surface area (Å²) >= 11 is 0. The van der Waals surface area contributed by atoms with Crippen molar-refractivity contribution in [1.82, 2.24) is 24.9 Å². The number of rotatable bonds is 7. The van der Waals surface area contributed by atoms with Crippen LogP contribution >= 0.6 is 0 Å². The highest BCUT2D eigenvalue weighted by atomic mass is 19.1. The second-order valence-electron chi connectivity index (χ2n) is 8.56. The lowest BCUT2D eigenvalue weighted by atomic mass is 10.1. The van der Waals surface area contributed by atoms with Gasteiger partial charge in [-0.05, 0) is 49.7 Å². The maximum absolute atomic E-state index is 14.2. The monoisotopic (exact) mass is 499 g/mol. The zero-order valence-corrected chi connectivity index (χ0v) is 20.5. The van der Waals surface area contributed by atoms with Crippen LogP contribution in [0, 0.1) is 19.7 Å². The van der Waals surface area contributed by atoms with Gasteiger partial charge < -0.3 is 15.0 Å². The lowest BCUT2D eigenvalue weighted by molar-refractivity contribution is 0.122. The van der Waals surface area contributed by atoms with E-state index in [1.54, 1.807) is 24.8 Å². The fraction of sp³-hybridized carbons (Fsp3) is 0.231. The lowest BCUT2D eigenvalue weighted by Crippen LogP contribution is -2.37. The molecule has 0 atom stereocenters. The number of hydrogen-bond acceptors (Lipinski definition) is 10. The molecule has 1 saturated heterocycles. The number of nitrogens with one attached hydrogen (secondary N) is 2. The smallest absolute Gasteiger partial charge is 0.245 e. The molecular formula is C26H26FN9O. The summed E-state index contributed by atoms with van der Waals surface area (Å²) < 4.78 is 19.5. The summed E-state index contributed by atoms with van der Waals surface area (Å²) in [5.41, 5.74) is 8.91. The Morgan fingerprint density at radius 3 is 2.62 bits per heavy atom. The molecule has 1 fully saturated rings. The van der Waals surface area contributed by atoms with Gasteiger partial charge in [0, 0.05) is 30.5 Å². The average molecular weight is 500 g/mol. The zero-order chi connectivity index (χ0) is 25.6. The Morgan fingerprint density at radius 1 is 0.973 bits per heavy atom. The number of halogens is 1. The molecule has 1 aromatic carbocycles. The van der Waals surface area contributed by atoms with E-state index in [2.05, 4.69) is 52.9 Å². The Bertz CT molecular complexity index is 1410. The molecule has 0 bridgehead atoms. The number of anilines is 4. The van der Waals surface area contributed by atoms with Crippen LogP contribution in [0.25, 0.3) is 11.3 Å². The topological polar surface area (TPSA) is 113 Å². The second kappa shape index (κ2) is 11.0. The molecular weight excluding hydrogens is 473 g/mol. The fourth-order valence-corrected chi connectivity index (χ4v) is 3.89. The van der Waals surface area contributed by atoms with Gasteiger partial charge in [-0.15, -0.1) is 0 Å². The summed E-state index contributed by atoms with van der Waals surface area (Å²) in [5, 5.41) is 7.53. The number of aromatic nitrogens is 5. The first kappa shape index (κ1) is 24.2. The average Bonchev–Trinajstić information content (AvgIpc) is 2.91. The van der Waals surface area contributed by atoms with Gasteiger partial charge in [0.25, 0.3) is 0 Å². The third kappa shape index (κ3) is 6.19. The van der Waals surface area contributed by atoms with Crippen LogP contribution < -0.4 is 15.6 Å². The Balaban J connectivity index is 1.23. The molecule has 0 amide bonds. The molecule has 0 spiro atoms. The first-order valence-electron chi connectivity index (χ1n) is 11.8. The molecule has 0 radical (unpaired) electrons. The van der Waals surface area contributed by atoms with E-state index in [1.165, 1.54) is 0 Å². The van der Waals surface area contributed by atoms with Gasteiger partial charge in [0.1, 0.15) is 0 Å². The van der Waals surface area contributed by atoms with Crippen molar-refractivity contribution in [2.45, 2.75) is 13.8 Å². The minimum Gasteiger partial charge on any atom is -0.378 e. The lowest BCUT2D eigenvalue weighted by Gasteiger charge is -2.27. The molecule has 0 unspecified atom stereocenters. The van der Waals surface area contributed by atoms with Crippen molar-refractivity contribution >= 4 is 29.4 Å². The van der Waals surface area contributed by atoms with Crippen molar-refractivity contribution in [3.63, 3.8) is 0 Å². The molecule has 3 aromatic heterocycles. The van der Waals surface area contributed by atoms with Crippen molar-refractivity contribution in [3.05, 3.63) is 77.9 Å². The van der Waals surface area contributed by atoms with E-state index < -0.39 is 5.82 Å². The molecule has 4 heterocycles. The van der Waals surface area contributed by atoms with Crippen molar-refractivity contribution in [2.75, 3.05) is 41.9 Å². The zero-order valence-electron chi connectivity index (χ0n) is 20.5. The molecule has 0 aliphatic carbocycles. The predicted molar refractivity (Wildman–Crippen MR) is 141 cm³/mol. The second-order valence-corrected chi connectivity index (χ2v) is 8.56. The highest BCUT2D eigenvalue weighted by molar-refractivity contribution is 5.78. The summed E-state index contributed by atoms with van der Waals surface area (Å²) in [6, 6.07) is 9.91. The standard InChI is InChI=1S/C26H26FN9O/c1-17-9-19(24-16-28-12-18(2)32-24)11-22(10-17)33-21-4-3-20(29-13-21)14-31-35-26-30-15-23(27)25(34-26)36-5-7-37-8-6-36/h3-4,9-16,33H,5-8H2,1-2H3,(H,30,34,35)/b31-14+. The third-order valence-electron chi connectivity index (χ3n) is 5.60. The summed E-state index contributed by atoms with van der Waals surface area (Å²) in [5.74, 6) is -0.0435. The van der Waals surface area contributed by atoms with Gasteiger partial charge in [-0.2, -0.15) is 10.1 Å². The van der Waals surface area contributed by atoms with E-state index in [1.807, 2.05) is 36.9 Å². The van der Waals surface area contributed by atoms with Crippen LogP contribution in [0.1, 0.15) is 17.0 Å². The largest absolute Gasteiger partial charge is 0.378 e. The van der Waals surface area contributed by atoms with Gasteiger partial charge in [-0.3, -0.25) is 9.97 Å². The van der Waals surface area contributed by atoms with Gasteiger partial charge in [-0.25, -0.2) is 19.8 Å². The van der Waals surface area contributed by atoms with Crippen LogP contribution in [-0.2, 0) is 4.74 Å². The SMILES string of the molecule is Cc1cc(Nc2ccc(/C=N/Nc3ncc(F)c(N4CCOCC4)n3)nc2)cc(-c2cncc(C)n2)c1. The molecule has 10 nitrogen and oxygen atoms in total. The molecule has 5 rings (SSSR count). The van der Waals surface area contributed by atoms with Crippen molar-refractivity contribution in [2.24, 2.45) is 5.10 Å². The Hall–Kier alpha value is -4.51. The molecule has 2 N–H and O–H groups in total. The van der Waals surface area contributed by atoms with E-state index in [0.717, 1.165) is 40.1 Å². The summed E-state index contributed by atoms with van der Waals surface area (Å²) in [4.78, 5) is 23.3. The number of aryl methyl sites for hydroxylation is 2. The number of benzene rings is 1. The number of pyridine rings is 1. The molecule has 4 aromatic rings. The van der Waals surface area contributed by atoms with Crippen LogP contribution in [0.4, 0.5) is 27.5 Å². The Morgan fingerprint density at radius 2 is 1.84 bits per heavy atom. The molecule has 188 valence electrons. The first-order chi connectivity index (χ1) is 18.0. The molecule has 1 aliphatic heterocycles. The van der Waals surface area contributed by atoms with Gasteiger partial charge in [-0.1, -0.05) is 0 Å². The Labute approximate surface area is 213 Å². The fourth-order valence-electron chi connectivity index (χ4n) is 3.89. The summed E-state index contributed by atoms with van der Waals surface area (Å²) in [6.07, 6.45) is 7.90. The number of hydrogen-bond donors (Lipinski definition) is 2. The summed E-state index contributed by atoms with van der Waals surface area (Å²) in [7, 11) is 0. The minimum absolute atomic E-state index is 0.200. The van der Waals surface area contributed by atoms with Gasteiger partial charge >= 0.3 is 0 Å². The Kier molecular flexibility index (Phi) is 7.22. The summed E-state index contributed by atoms with van der Waals surface area (Å²) in [6.45, 7) is 6.18. The van der Waals surface area contributed by atoms with Crippen molar-refractivity contribution < 1.29 is 9.13 Å². The van der Waals surface area contributed by atoms with E-state index in [0.29, 0.717) is 32.0 Å². The molecule has 1 aliphatic rings. The quantitative estimate of drug-likeness (QED) is 0.286. The predicted octanol–water partition coefficient (Wildman–Crippen LogP) is 4.11.